The Hall–Kier alpha value is -0.240. The Morgan fingerprint density at radius 2 is 2.07 bits per heavy atom. The molecule has 0 aliphatic heterocycles. The first-order valence-electron chi connectivity index (χ1n) is 5.20. The van der Waals surface area contributed by atoms with Gasteiger partial charge in [0.2, 0.25) is 0 Å². The second kappa shape index (κ2) is 5.20. The number of nitrogens with two attached hydrogens (primary N) is 1. The molecule has 0 heterocycles. The van der Waals surface area contributed by atoms with Crippen molar-refractivity contribution in [2.24, 2.45) is 11.7 Å². The van der Waals surface area contributed by atoms with E-state index in [9.17, 15) is 0 Å². The molecule has 0 aromatic heterocycles. The Bertz CT molecular complexity index is 334. The van der Waals surface area contributed by atoms with Crippen molar-refractivity contribution in [2.45, 2.75) is 32.2 Å². The summed E-state index contributed by atoms with van der Waals surface area (Å²) >= 11 is 5.91. The van der Waals surface area contributed by atoms with Gasteiger partial charge in [-0.05, 0) is 48.9 Å². The molecule has 2 rings (SSSR count). The highest BCUT2D eigenvalue weighted by Gasteiger charge is 2.26. The van der Waals surface area contributed by atoms with E-state index in [0.29, 0.717) is 5.92 Å². The lowest BCUT2D eigenvalue weighted by molar-refractivity contribution is 0.264. The summed E-state index contributed by atoms with van der Waals surface area (Å²) in [5, 5.41) is 0.798. The highest BCUT2D eigenvalue weighted by Crippen LogP contribution is 2.37. The van der Waals surface area contributed by atoms with Crippen LogP contribution in [-0.4, -0.2) is 0 Å². The molecule has 0 unspecified atom stereocenters. The summed E-state index contributed by atoms with van der Waals surface area (Å²) in [7, 11) is 0. The van der Waals surface area contributed by atoms with E-state index in [1.54, 1.807) is 0 Å². The van der Waals surface area contributed by atoms with Gasteiger partial charge in [0, 0.05) is 11.1 Å². The summed E-state index contributed by atoms with van der Waals surface area (Å²) in [5.74, 6) is 0.690. The monoisotopic (exact) mass is 245 g/mol. The molecule has 0 amide bonds. The highest BCUT2D eigenvalue weighted by atomic mass is 35.5. The molecule has 1 aromatic rings. The van der Waals surface area contributed by atoms with E-state index in [2.05, 4.69) is 13.0 Å². The smallest absolute Gasteiger partial charge is 0.0408 e. The number of aryl methyl sites for hydroxylation is 1. The van der Waals surface area contributed by atoms with Crippen LogP contribution in [0, 0.1) is 12.8 Å². The standard InChI is InChI=1S/C12H16ClN.ClH/c1-8-7-10(13)5-6-11(8)12(14)9-3-2-4-9;/h5-7,9,12H,2-4,14H2,1H3;1H/t12-;/m1./s1. The first kappa shape index (κ1) is 12.8. The summed E-state index contributed by atoms with van der Waals surface area (Å²) < 4.78 is 0. The Morgan fingerprint density at radius 3 is 2.53 bits per heavy atom. The predicted octanol–water partition coefficient (Wildman–Crippen LogP) is 3.87. The van der Waals surface area contributed by atoms with Crippen molar-refractivity contribution in [1.29, 1.82) is 0 Å². The maximum atomic E-state index is 6.21. The molecule has 84 valence electrons. The van der Waals surface area contributed by atoms with Crippen LogP contribution in [-0.2, 0) is 0 Å². The Balaban J connectivity index is 0.00000112. The highest BCUT2D eigenvalue weighted by molar-refractivity contribution is 6.30. The number of halogens is 2. The van der Waals surface area contributed by atoms with Gasteiger partial charge in [-0.25, -0.2) is 0 Å². The van der Waals surface area contributed by atoms with E-state index in [4.69, 9.17) is 17.3 Å². The first-order chi connectivity index (χ1) is 6.68. The molecule has 0 spiro atoms. The van der Waals surface area contributed by atoms with Crippen LogP contribution in [0.3, 0.4) is 0 Å². The van der Waals surface area contributed by atoms with Gasteiger partial charge in [0.25, 0.3) is 0 Å². The normalized spacial score (nSPS) is 17.8. The fourth-order valence-corrected chi connectivity index (χ4v) is 2.29. The lowest BCUT2D eigenvalue weighted by Crippen LogP contribution is -2.27. The maximum Gasteiger partial charge on any atom is 0.0408 e. The van der Waals surface area contributed by atoms with E-state index in [1.165, 1.54) is 30.4 Å². The predicted molar refractivity (Wildman–Crippen MR) is 67.7 cm³/mol. The van der Waals surface area contributed by atoms with Crippen molar-refractivity contribution in [3.8, 4) is 0 Å². The van der Waals surface area contributed by atoms with Gasteiger partial charge in [0.1, 0.15) is 0 Å². The largest absolute Gasteiger partial charge is 0.324 e. The van der Waals surface area contributed by atoms with Crippen molar-refractivity contribution in [3.63, 3.8) is 0 Å². The van der Waals surface area contributed by atoms with Gasteiger partial charge in [-0.15, -0.1) is 12.4 Å². The van der Waals surface area contributed by atoms with Gasteiger partial charge in [-0.2, -0.15) is 0 Å². The minimum absolute atomic E-state index is 0. The van der Waals surface area contributed by atoms with Crippen LogP contribution in [0.25, 0.3) is 0 Å². The zero-order chi connectivity index (χ0) is 10.1. The van der Waals surface area contributed by atoms with E-state index < -0.39 is 0 Å². The second-order valence-corrected chi connectivity index (χ2v) is 4.65. The minimum Gasteiger partial charge on any atom is -0.324 e. The molecule has 15 heavy (non-hydrogen) atoms. The van der Waals surface area contributed by atoms with Crippen molar-refractivity contribution < 1.29 is 0 Å². The summed E-state index contributed by atoms with van der Waals surface area (Å²) in [5.41, 5.74) is 8.69. The lowest BCUT2D eigenvalue weighted by Gasteiger charge is -2.32. The van der Waals surface area contributed by atoms with E-state index >= 15 is 0 Å². The Labute approximate surface area is 102 Å². The van der Waals surface area contributed by atoms with Gasteiger partial charge in [0.15, 0.2) is 0 Å². The van der Waals surface area contributed by atoms with Crippen molar-refractivity contribution in [1.82, 2.24) is 0 Å². The molecular weight excluding hydrogens is 229 g/mol. The van der Waals surface area contributed by atoms with Crippen LogP contribution in [0.5, 0.6) is 0 Å². The average molecular weight is 246 g/mol. The third-order valence-corrected chi connectivity index (χ3v) is 3.48. The fraction of sp³-hybridized carbons (Fsp3) is 0.500. The number of rotatable bonds is 2. The molecule has 0 radical (unpaired) electrons. The number of hydrogen-bond acceptors (Lipinski definition) is 1. The number of benzene rings is 1. The molecule has 1 fully saturated rings. The van der Waals surface area contributed by atoms with Crippen LogP contribution in [0.4, 0.5) is 0 Å². The summed E-state index contributed by atoms with van der Waals surface area (Å²) in [4.78, 5) is 0. The molecule has 1 aliphatic rings. The van der Waals surface area contributed by atoms with Crippen molar-refractivity contribution in [3.05, 3.63) is 34.3 Å². The third kappa shape index (κ3) is 2.66. The summed E-state index contributed by atoms with van der Waals surface area (Å²) in [6.45, 7) is 2.08. The molecule has 1 aliphatic carbocycles. The molecule has 1 saturated carbocycles. The Morgan fingerprint density at radius 1 is 1.40 bits per heavy atom. The zero-order valence-corrected chi connectivity index (χ0v) is 10.4. The topological polar surface area (TPSA) is 26.0 Å². The van der Waals surface area contributed by atoms with Gasteiger partial charge in [0.05, 0.1) is 0 Å². The summed E-state index contributed by atoms with van der Waals surface area (Å²) in [6, 6.07) is 6.21. The average Bonchev–Trinajstić information content (AvgIpc) is 2.00. The van der Waals surface area contributed by atoms with E-state index in [-0.39, 0.29) is 18.4 Å². The summed E-state index contributed by atoms with van der Waals surface area (Å²) in [6.07, 6.45) is 3.90. The molecule has 0 saturated heterocycles. The molecule has 3 heteroatoms. The molecule has 1 nitrogen and oxygen atoms in total. The quantitative estimate of drug-likeness (QED) is 0.842. The minimum atomic E-state index is 0. The van der Waals surface area contributed by atoms with E-state index in [1.807, 2.05) is 12.1 Å². The van der Waals surface area contributed by atoms with Crippen LogP contribution >= 0.6 is 24.0 Å². The molecular formula is C12H17Cl2N. The Kier molecular flexibility index (Phi) is 4.45. The van der Waals surface area contributed by atoms with Crippen molar-refractivity contribution in [2.75, 3.05) is 0 Å². The van der Waals surface area contributed by atoms with Gasteiger partial charge in [-0.3, -0.25) is 0 Å². The number of hydrogen-bond donors (Lipinski definition) is 1. The van der Waals surface area contributed by atoms with E-state index in [0.717, 1.165) is 5.02 Å². The molecule has 0 bridgehead atoms. The molecule has 2 N–H and O–H groups in total. The first-order valence-corrected chi connectivity index (χ1v) is 5.58. The maximum absolute atomic E-state index is 6.21. The van der Waals surface area contributed by atoms with Gasteiger partial charge >= 0.3 is 0 Å². The zero-order valence-electron chi connectivity index (χ0n) is 8.87. The van der Waals surface area contributed by atoms with Crippen molar-refractivity contribution >= 4 is 24.0 Å². The third-order valence-electron chi connectivity index (χ3n) is 3.25. The van der Waals surface area contributed by atoms with Crippen LogP contribution in [0.2, 0.25) is 5.02 Å². The van der Waals surface area contributed by atoms with Gasteiger partial charge < -0.3 is 5.73 Å². The van der Waals surface area contributed by atoms with Gasteiger partial charge in [-0.1, -0.05) is 24.1 Å². The molecule has 1 atom stereocenters. The van der Waals surface area contributed by atoms with Crippen LogP contribution < -0.4 is 5.73 Å². The fourth-order valence-electron chi connectivity index (χ4n) is 2.07. The lowest BCUT2D eigenvalue weighted by atomic mass is 9.77. The van der Waals surface area contributed by atoms with Crippen LogP contribution in [0.1, 0.15) is 36.4 Å². The van der Waals surface area contributed by atoms with Crippen LogP contribution in [0.15, 0.2) is 18.2 Å². The second-order valence-electron chi connectivity index (χ2n) is 4.22. The SMILES string of the molecule is Cc1cc(Cl)ccc1[C@H](N)C1CCC1.Cl. The molecule has 1 aromatic carbocycles.